The van der Waals surface area contributed by atoms with Crippen molar-refractivity contribution in [2.45, 2.75) is 38.9 Å². The zero-order valence-electron chi connectivity index (χ0n) is 23.1. The van der Waals surface area contributed by atoms with Crippen LogP contribution in [0, 0.1) is 13.8 Å². The maximum absolute atomic E-state index is 13.2. The highest BCUT2D eigenvalue weighted by molar-refractivity contribution is 7.80. The number of fused-ring (bicyclic) bond motifs is 1. The Bertz CT molecular complexity index is 1700. The molecule has 8 heteroatoms. The predicted octanol–water partition coefficient (Wildman–Crippen LogP) is 6.10. The van der Waals surface area contributed by atoms with E-state index in [0.29, 0.717) is 18.1 Å². The van der Waals surface area contributed by atoms with Gasteiger partial charge >= 0.3 is 0 Å². The van der Waals surface area contributed by atoms with Gasteiger partial charge in [0.1, 0.15) is 0 Å². The number of rotatable bonds is 8. The van der Waals surface area contributed by atoms with Gasteiger partial charge in [-0.2, -0.15) is 0 Å². The van der Waals surface area contributed by atoms with E-state index < -0.39 is 0 Å². The molecule has 0 aliphatic carbocycles. The van der Waals surface area contributed by atoms with Crippen molar-refractivity contribution >= 4 is 39.7 Å². The first-order chi connectivity index (χ1) is 20.0. The number of carbonyl (C=O) groups is 1. The molecule has 0 spiro atoms. The van der Waals surface area contributed by atoms with Crippen LogP contribution < -0.4 is 10.6 Å². The van der Waals surface area contributed by atoms with Crippen molar-refractivity contribution in [2.24, 2.45) is 0 Å². The molecule has 4 heterocycles. The van der Waals surface area contributed by atoms with Crippen LogP contribution >= 0.6 is 12.2 Å². The topological polar surface area (TPSA) is 75.1 Å². The molecule has 2 aromatic carbocycles. The highest BCUT2D eigenvalue weighted by Gasteiger charge is 2.41. The Morgan fingerprint density at radius 2 is 1.83 bits per heavy atom. The van der Waals surface area contributed by atoms with Gasteiger partial charge in [-0.15, -0.1) is 0 Å². The lowest BCUT2D eigenvalue weighted by Crippen LogP contribution is -2.33. The number of carbonyl (C=O) groups excluding carboxylic acids is 1. The van der Waals surface area contributed by atoms with Crippen LogP contribution in [-0.2, 0) is 11.3 Å². The Morgan fingerprint density at radius 3 is 2.63 bits per heavy atom. The molecule has 1 fully saturated rings. The van der Waals surface area contributed by atoms with E-state index in [1.807, 2.05) is 79.1 Å². The smallest absolute Gasteiger partial charge is 0.226 e. The summed E-state index contributed by atoms with van der Waals surface area (Å²) in [6, 6.07) is 26.0. The van der Waals surface area contributed by atoms with Crippen molar-refractivity contribution in [1.29, 1.82) is 0 Å². The second-order valence-electron chi connectivity index (χ2n) is 10.4. The van der Waals surface area contributed by atoms with Crippen molar-refractivity contribution in [3.63, 3.8) is 0 Å². The highest BCUT2D eigenvalue weighted by atomic mass is 32.1. The summed E-state index contributed by atoms with van der Waals surface area (Å²) in [5.74, 6) is -0.0498. The number of benzene rings is 2. The minimum absolute atomic E-state index is 0.0498. The summed E-state index contributed by atoms with van der Waals surface area (Å²) in [6.07, 6.45) is 5.80. The molecule has 6 rings (SSSR count). The number of aryl methyl sites for hydroxylation is 1. The normalized spacial score (nSPS) is 16.6. The summed E-state index contributed by atoms with van der Waals surface area (Å²) < 4.78 is 2.31. The Labute approximate surface area is 245 Å². The maximum Gasteiger partial charge on any atom is 0.226 e. The second kappa shape index (κ2) is 11.5. The van der Waals surface area contributed by atoms with Crippen molar-refractivity contribution in [3.05, 3.63) is 126 Å². The molecule has 7 nitrogen and oxygen atoms in total. The van der Waals surface area contributed by atoms with Crippen LogP contribution in [0.1, 0.15) is 46.7 Å². The number of nitrogens with one attached hydrogen (secondary N) is 2. The van der Waals surface area contributed by atoms with Crippen molar-refractivity contribution in [3.8, 4) is 0 Å². The standard InChI is InChI=1S/C33H32N6OS/c1-22-19-27(23(2)39(22)21-24-9-8-16-34-20-24)32-31(29-13-5-6-17-35-29)37-33(41)38(32)18-15-30(40)36-28-14-7-11-25-10-3-4-12-26(25)28/h3-14,16-17,19-20,31-32H,15,18,21H2,1-2H3,(H,36,40)(H,37,41)/t31-,32+/m0/s1. The number of nitrogens with zero attached hydrogens (tertiary/aromatic N) is 4. The van der Waals surface area contributed by atoms with Crippen LogP contribution in [0.3, 0.4) is 0 Å². The molecule has 1 saturated heterocycles. The van der Waals surface area contributed by atoms with Crippen molar-refractivity contribution in [1.82, 2.24) is 24.8 Å². The SMILES string of the molecule is Cc1cc([C@@H]2[C@H](c3ccccn3)NC(=S)N2CCC(=O)Nc2cccc3ccccc23)c(C)n1Cc1cccnc1. The molecular weight excluding hydrogens is 528 g/mol. The van der Waals surface area contributed by atoms with E-state index in [0.717, 1.165) is 45.6 Å². The van der Waals surface area contributed by atoms with E-state index in [9.17, 15) is 4.79 Å². The molecule has 41 heavy (non-hydrogen) atoms. The lowest BCUT2D eigenvalue weighted by molar-refractivity contribution is -0.116. The summed E-state index contributed by atoms with van der Waals surface area (Å²) in [5, 5.41) is 9.38. The second-order valence-corrected chi connectivity index (χ2v) is 10.8. The van der Waals surface area contributed by atoms with E-state index in [1.54, 1.807) is 6.20 Å². The fourth-order valence-corrected chi connectivity index (χ4v) is 6.13. The fraction of sp³-hybridized carbons (Fsp3) is 0.212. The van der Waals surface area contributed by atoms with Crippen LogP contribution in [0.4, 0.5) is 5.69 Å². The van der Waals surface area contributed by atoms with E-state index in [-0.39, 0.29) is 18.0 Å². The first-order valence-electron chi connectivity index (χ1n) is 13.8. The Hall–Kier alpha value is -4.56. The third kappa shape index (κ3) is 5.43. The summed E-state index contributed by atoms with van der Waals surface area (Å²) in [7, 11) is 0. The molecule has 2 N–H and O–H groups in total. The number of amides is 1. The lowest BCUT2D eigenvalue weighted by atomic mass is 9.96. The Kier molecular flexibility index (Phi) is 7.48. The molecule has 206 valence electrons. The van der Waals surface area contributed by atoms with Gasteiger partial charge in [0.15, 0.2) is 5.11 Å². The summed E-state index contributed by atoms with van der Waals surface area (Å²) >= 11 is 5.87. The van der Waals surface area contributed by atoms with Crippen LogP contribution in [0.2, 0.25) is 0 Å². The number of thiocarbonyl (C=S) groups is 1. The quantitative estimate of drug-likeness (QED) is 0.224. The summed E-state index contributed by atoms with van der Waals surface area (Å²) in [6.45, 7) is 5.49. The van der Waals surface area contributed by atoms with Crippen molar-refractivity contribution < 1.29 is 4.79 Å². The molecule has 0 unspecified atom stereocenters. The lowest BCUT2D eigenvalue weighted by Gasteiger charge is -2.28. The van der Waals surface area contributed by atoms with Gasteiger partial charge in [0.25, 0.3) is 0 Å². The molecule has 5 aromatic rings. The fourth-order valence-electron chi connectivity index (χ4n) is 5.80. The zero-order valence-corrected chi connectivity index (χ0v) is 23.9. The molecule has 1 aliphatic rings. The molecule has 1 amide bonds. The average Bonchev–Trinajstić information content (AvgIpc) is 3.47. The minimum atomic E-state index is -0.142. The molecule has 0 saturated carbocycles. The van der Waals surface area contributed by atoms with Crippen LogP contribution in [0.25, 0.3) is 10.8 Å². The highest BCUT2D eigenvalue weighted by Crippen LogP contribution is 2.41. The van der Waals surface area contributed by atoms with E-state index in [1.165, 1.54) is 5.56 Å². The predicted molar refractivity (Wildman–Crippen MR) is 167 cm³/mol. The first-order valence-corrected chi connectivity index (χ1v) is 14.2. The molecular formula is C33H32N6OS. The van der Waals surface area contributed by atoms with Gasteiger partial charge < -0.3 is 20.1 Å². The third-order valence-electron chi connectivity index (χ3n) is 7.84. The summed E-state index contributed by atoms with van der Waals surface area (Å²) in [4.78, 5) is 24.3. The van der Waals surface area contributed by atoms with Crippen LogP contribution in [0.5, 0.6) is 0 Å². The van der Waals surface area contributed by atoms with E-state index in [2.05, 4.69) is 56.0 Å². The van der Waals surface area contributed by atoms with Gasteiger partial charge in [0.05, 0.1) is 17.8 Å². The number of anilines is 1. The van der Waals surface area contributed by atoms with Gasteiger partial charge in [-0.05, 0) is 72.9 Å². The maximum atomic E-state index is 13.2. The van der Waals surface area contributed by atoms with Gasteiger partial charge in [-0.25, -0.2) is 0 Å². The van der Waals surface area contributed by atoms with Crippen LogP contribution in [0.15, 0.2) is 97.5 Å². The molecule has 2 atom stereocenters. The average molecular weight is 561 g/mol. The largest absolute Gasteiger partial charge is 0.352 e. The number of pyridine rings is 2. The monoisotopic (exact) mass is 560 g/mol. The molecule has 0 bridgehead atoms. The number of aromatic nitrogens is 3. The van der Waals surface area contributed by atoms with E-state index >= 15 is 0 Å². The molecule has 3 aromatic heterocycles. The van der Waals surface area contributed by atoms with Gasteiger partial charge in [0.2, 0.25) is 5.91 Å². The van der Waals surface area contributed by atoms with Crippen molar-refractivity contribution in [2.75, 3.05) is 11.9 Å². The Morgan fingerprint density at radius 1 is 1.00 bits per heavy atom. The number of hydrogen-bond donors (Lipinski definition) is 2. The molecule has 1 aliphatic heterocycles. The van der Waals surface area contributed by atoms with Gasteiger partial charge in [-0.3, -0.25) is 14.8 Å². The van der Waals surface area contributed by atoms with Gasteiger partial charge in [0, 0.05) is 60.6 Å². The number of hydrogen-bond acceptors (Lipinski definition) is 4. The third-order valence-corrected chi connectivity index (χ3v) is 8.19. The molecule has 0 radical (unpaired) electrons. The van der Waals surface area contributed by atoms with E-state index in [4.69, 9.17) is 12.2 Å². The Balaban J connectivity index is 1.28. The van der Waals surface area contributed by atoms with Crippen LogP contribution in [-0.4, -0.2) is 37.0 Å². The minimum Gasteiger partial charge on any atom is -0.352 e. The zero-order chi connectivity index (χ0) is 28.3. The first kappa shape index (κ1) is 26.7. The summed E-state index contributed by atoms with van der Waals surface area (Å²) in [5.41, 5.74) is 6.37. The van der Waals surface area contributed by atoms with Gasteiger partial charge in [-0.1, -0.05) is 48.5 Å².